The maximum atomic E-state index is 12.7. The number of aliphatic hydroxyl groups excluding tert-OH is 1. The van der Waals surface area contributed by atoms with Gasteiger partial charge in [-0.25, -0.2) is 17.5 Å². The molecule has 0 saturated heterocycles. The van der Waals surface area contributed by atoms with E-state index < -0.39 is 28.5 Å². The van der Waals surface area contributed by atoms with Gasteiger partial charge in [-0.2, -0.15) is 5.26 Å². The second-order valence-electron chi connectivity index (χ2n) is 6.69. The Morgan fingerprint density at radius 2 is 1.84 bits per heavy atom. The average molecular weight is 461 g/mol. The molecule has 0 aliphatic carbocycles. The number of ether oxygens (including phenoxy) is 1. The van der Waals surface area contributed by atoms with Crippen molar-refractivity contribution >= 4 is 33.3 Å². The number of esters is 1. The third-order valence-electron chi connectivity index (χ3n) is 4.34. The number of benzene rings is 2. The summed E-state index contributed by atoms with van der Waals surface area (Å²) in [6.07, 6.45) is 0. The fourth-order valence-electron chi connectivity index (χ4n) is 2.69. The maximum absolute atomic E-state index is 12.7. The lowest BCUT2D eigenvalue weighted by molar-refractivity contribution is -0.121. The standard InChI is InChI=1S/C21H24N4O6S/c1-24(2)32(29,30)17-8-9-19(23-11-13-26)18(14-17)21(28)31-15-20(27)25(12-10-22)16-6-4-3-5-7-16/h3-9,14,23,26H,11-13,15H2,1-2H3. The predicted octanol–water partition coefficient (Wildman–Crippen LogP) is 1.05. The molecule has 0 aliphatic rings. The Morgan fingerprint density at radius 3 is 2.44 bits per heavy atom. The number of sulfonamides is 1. The molecule has 11 heteroatoms. The number of nitrogens with zero attached hydrogens (tertiary/aromatic N) is 3. The first kappa shape index (κ1) is 24.8. The third kappa shape index (κ3) is 6.04. The summed E-state index contributed by atoms with van der Waals surface area (Å²) in [6, 6.07) is 14.2. The smallest absolute Gasteiger partial charge is 0.340 e. The molecule has 170 valence electrons. The fraction of sp³-hybridized carbons (Fsp3) is 0.286. The van der Waals surface area contributed by atoms with Gasteiger partial charge in [-0.05, 0) is 30.3 Å². The van der Waals surface area contributed by atoms with Crippen LogP contribution >= 0.6 is 0 Å². The first-order valence-corrected chi connectivity index (χ1v) is 11.0. The Morgan fingerprint density at radius 1 is 1.16 bits per heavy atom. The molecule has 0 heterocycles. The van der Waals surface area contributed by atoms with Gasteiger partial charge in [-0.3, -0.25) is 9.69 Å². The molecular formula is C21H24N4O6S. The van der Waals surface area contributed by atoms with E-state index in [-0.39, 0.29) is 35.8 Å². The second kappa shape index (κ2) is 11.2. The van der Waals surface area contributed by atoms with Crippen molar-refractivity contribution in [2.75, 3.05) is 50.6 Å². The van der Waals surface area contributed by atoms with Crippen LogP contribution in [0.15, 0.2) is 53.4 Å². The van der Waals surface area contributed by atoms with Crippen LogP contribution in [0, 0.1) is 11.3 Å². The molecule has 1 amide bonds. The van der Waals surface area contributed by atoms with Crippen LogP contribution in [0.3, 0.4) is 0 Å². The fourth-order valence-corrected chi connectivity index (χ4v) is 3.62. The topological polar surface area (TPSA) is 140 Å². The monoisotopic (exact) mass is 460 g/mol. The average Bonchev–Trinajstić information content (AvgIpc) is 2.79. The lowest BCUT2D eigenvalue weighted by Crippen LogP contribution is -2.35. The summed E-state index contributed by atoms with van der Waals surface area (Å²) in [5.41, 5.74) is 0.603. The van der Waals surface area contributed by atoms with Gasteiger partial charge < -0.3 is 15.2 Å². The van der Waals surface area contributed by atoms with Gasteiger partial charge in [-0.1, -0.05) is 18.2 Å². The Balaban J connectivity index is 2.26. The van der Waals surface area contributed by atoms with Crippen molar-refractivity contribution in [2.24, 2.45) is 0 Å². The number of nitrogens with one attached hydrogen (secondary N) is 1. The number of rotatable bonds is 10. The van der Waals surface area contributed by atoms with E-state index in [1.807, 2.05) is 6.07 Å². The zero-order valence-corrected chi connectivity index (χ0v) is 18.5. The van der Waals surface area contributed by atoms with E-state index in [4.69, 9.17) is 15.1 Å². The van der Waals surface area contributed by atoms with Crippen molar-refractivity contribution in [3.8, 4) is 6.07 Å². The lowest BCUT2D eigenvalue weighted by Gasteiger charge is -2.20. The van der Waals surface area contributed by atoms with E-state index >= 15 is 0 Å². The van der Waals surface area contributed by atoms with Gasteiger partial charge in [0.1, 0.15) is 6.54 Å². The first-order chi connectivity index (χ1) is 15.2. The van der Waals surface area contributed by atoms with E-state index in [0.29, 0.717) is 5.69 Å². The number of amides is 1. The minimum absolute atomic E-state index is 0.110. The van der Waals surface area contributed by atoms with E-state index in [9.17, 15) is 18.0 Å². The van der Waals surface area contributed by atoms with Gasteiger partial charge in [0.25, 0.3) is 5.91 Å². The minimum atomic E-state index is -3.82. The van der Waals surface area contributed by atoms with Gasteiger partial charge in [-0.15, -0.1) is 0 Å². The predicted molar refractivity (Wildman–Crippen MR) is 118 cm³/mol. The lowest BCUT2D eigenvalue weighted by atomic mass is 10.2. The Kier molecular flexibility index (Phi) is 8.71. The van der Waals surface area contributed by atoms with Crippen LogP contribution in [0.2, 0.25) is 0 Å². The quantitative estimate of drug-likeness (QED) is 0.396. The summed E-state index contributed by atoms with van der Waals surface area (Å²) in [5, 5.41) is 20.9. The molecule has 0 spiro atoms. The van der Waals surface area contributed by atoms with Gasteiger partial charge in [0.2, 0.25) is 10.0 Å². The number of para-hydroxylation sites is 1. The van der Waals surface area contributed by atoms with Crippen LogP contribution in [0.4, 0.5) is 11.4 Å². The molecule has 10 nitrogen and oxygen atoms in total. The van der Waals surface area contributed by atoms with Crippen molar-refractivity contribution < 1.29 is 27.9 Å². The maximum Gasteiger partial charge on any atom is 0.340 e. The number of carbonyl (C=O) groups excluding carboxylic acids is 2. The molecule has 0 aromatic heterocycles. The van der Waals surface area contributed by atoms with Gasteiger partial charge in [0, 0.05) is 32.0 Å². The summed E-state index contributed by atoms with van der Waals surface area (Å²) in [6.45, 7) is -0.992. The molecular weight excluding hydrogens is 436 g/mol. The molecule has 32 heavy (non-hydrogen) atoms. The summed E-state index contributed by atoms with van der Waals surface area (Å²) >= 11 is 0. The molecule has 0 radical (unpaired) electrons. The molecule has 2 rings (SSSR count). The van der Waals surface area contributed by atoms with E-state index in [1.54, 1.807) is 30.3 Å². The molecule has 0 unspecified atom stereocenters. The van der Waals surface area contributed by atoms with Gasteiger partial charge >= 0.3 is 5.97 Å². The SMILES string of the molecule is CN(C)S(=O)(=O)c1ccc(NCCO)c(C(=O)OCC(=O)N(CC#N)c2ccccc2)c1. The summed E-state index contributed by atoms with van der Waals surface area (Å²) in [7, 11) is -1.10. The highest BCUT2D eigenvalue weighted by molar-refractivity contribution is 7.89. The van der Waals surface area contributed by atoms with E-state index in [0.717, 1.165) is 10.4 Å². The zero-order chi connectivity index (χ0) is 23.7. The Labute approximate surface area is 186 Å². The molecule has 0 atom stereocenters. The largest absolute Gasteiger partial charge is 0.452 e. The van der Waals surface area contributed by atoms with Gasteiger partial charge in [0.05, 0.1) is 23.1 Å². The number of carbonyl (C=O) groups is 2. The number of aliphatic hydroxyl groups is 1. The van der Waals surface area contributed by atoms with Crippen LogP contribution in [-0.4, -0.2) is 70.1 Å². The van der Waals surface area contributed by atoms with Crippen molar-refractivity contribution in [1.82, 2.24) is 4.31 Å². The Bertz CT molecular complexity index is 1100. The van der Waals surface area contributed by atoms with Crippen LogP contribution in [0.1, 0.15) is 10.4 Å². The Hall–Kier alpha value is -3.46. The molecule has 0 aliphatic heterocycles. The number of anilines is 2. The molecule has 2 aromatic rings. The number of nitriles is 1. The van der Waals surface area contributed by atoms with Crippen molar-refractivity contribution in [3.05, 3.63) is 54.1 Å². The normalized spacial score (nSPS) is 11.0. The zero-order valence-electron chi connectivity index (χ0n) is 17.7. The first-order valence-electron chi connectivity index (χ1n) is 9.53. The third-order valence-corrected chi connectivity index (χ3v) is 6.15. The molecule has 0 saturated carbocycles. The van der Waals surface area contributed by atoms with Crippen molar-refractivity contribution in [3.63, 3.8) is 0 Å². The number of hydrogen-bond donors (Lipinski definition) is 2. The summed E-state index contributed by atoms with van der Waals surface area (Å²) in [5.74, 6) is -1.55. The highest BCUT2D eigenvalue weighted by Gasteiger charge is 2.23. The van der Waals surface area contributed by atoms with Gasteiger partial charge in [0.15, 0.2) is 6.61 Å². The summed E-state index contributed by atoms with van der Waals surface area (Å²) < 4.78 is 31.0. The second-order valence-corrected chi connectivity index (χ2v) is 8.85. The number of hydrogen-bond acceptors (Lipinski definition) is 8. The van der Waals surface area contributed by atoms with Crippen molar-refractivity contribution in [1.29, 1.82) is 5.26 Å². The van der Waals surface area contributed by atoms with Crippen LogP contribution in [0.5, 0.6) is 0 Å². The van der Waals surface area contributed by atoms with E-state index in [1.165, 1.54) is 31.1 Å². The minimum Gasteiger partial charge on any atom is -0.452 e. The molecule has 2 N–H and O–H groups in total. The molecule has 0 fully saturated rings. The summed E-state index contributed by atoms with van der Waals surface area (Å²) in [4.78, 5) is 26.4. The highest BCUT2D eigenvalue weighted by Crippen LogP contribution is 2.23. The van der Waals surface area contributed by atoms with Crippen LogP contribution in [-0.2, 0) is 19.6 Å². The van der Waals surface area contributed by atoms with Crippen molar-refractivity contribution in [2.45, 2.75) is 4.90 Å². The van der Waals surface area contributed by atoms with Crippen LogP contribution < -0.4 is 10.2 Å². The molecule has 0 bridgehead atoms. The molecule has 2 aromatic carbocycles. The van der Waals surface area contributed by atoms with E-state index in [2.05, 4.69) is 5.32 Å². The van der Waals surface area contributed by atoms with Crippen LogP contribution in [0.25, 0.3) is 0 Å². The highest BCUT2D eigenvalue weighted by atomic mass is 32.2.